The molecule has 0 atom stereocenters. The molecule has 0 radical (unpaired) electrons. The Morgan fingerprint density at radius 1 is 1.32 bits per heavy atom. The van der Waals surface area contributed by atoms with Gasteiger partial charge in [-0.25, -0.2) is 4.79 Å². The van der Waals surface area contributed by atoms with Crippen LogP contribution in [0.1, 0.15) is 29.3 Å². The number of benzene rings is 1. The molecule has 1 aromatic carbocycles. The molecule has 0 saturated carbocycles. The quantitative estimate of drug-likeness (QED) is 0.329. The Labute approximate surface area is 129 Å². The highest BCUT2D eigenvalue weighted by atomic mass is 32.2. The van der Waals surface area contributed by atoms with E-state index in [2.05, 4.69) is 0 Å². The summed E-state index contributed by atoms with van der Waals surface area (Å²) in [6.45, 7) is 1.13. The van der Waals surface area contributed by atoms with E-state index in [1.807, 2.05) is 7.85 Å². The Kier molecular flexibility index (Phi) is 6.57. The van der Waals surface area contributed by atoms with Gasteiger partial charge in [-0.1, -0.05) is 24.9 Å². The molecule has 0 saturated heterocycles. The number of esters is 2. The second-order valence-electron chi connectivity index (χ2n) is 4.43. The molecular weight excluding hydrogens is 311 g/mol. The molecule has 0 aromatic heterocycles. The number of carbonyl (C=O) groups is 2. The van der Waals surface area contributed by atoms with Crippen molar-refractivity contribution in [3.8, 4) is 5.75 Å². The van der Waals surface area contributed by atoms with Crippen molar-refractivity contribution in [1.82, 2.24) is 0 Å². The molecule has 1 N–H and O–H groups in total. The van der Waals surface area contributed by atoms with E-state index in [0.29, 0.717) is 6.32 Å². The van der Waals surface area contributed by atoms with Gasteiger partial charge < -0.3 is 9.47 Å². The molecule has 1 rings (SSSR count). The lowest BCUT2D eigenvalue weighted by Crippen LogP contribution is -2.16. The van der Waals surface area contributed by atoms with Gasteiger partial charge in [-0.15, -0.1) is 0 Å². The number of ether oxygens (including phenoxy) is 2. The summed E-state index contributed by atoms with van der Waals surface area (Å²) in [7, 11) is -2.30. The van der Waals surface area contributed by atoms with Gasteiger partial charge in [0.25, 0.3) is 10.1 Å². The first kappa shape index (κ1) is 18.2. The summed E-state index contributed by atoms with van der Waals surface area (Å²) in [6.07, 6.45) is 0.836. The summed E-state index contributed by atoms with van der Waals surface area (Å²) in [5.74, 6) is -1.95. The molecule has 0 spiro atoms. The zero-order valence-electron chi connectivity index (χ0n) is 12.4. The summed E-state index contributed by atoms with van der Waals surface area (Å²) < 4.78 is 39.6. The van der Waals surface area contributed by atoms with Crippen LogP contribution in [0.15, 0.2) is 18.2 Å². The van der Waals surface area contributed by atoms with Gasteiger partial charge in [-0.05, 0) is 12.1 Å². The minimum atomic E-state index is -4.21. The average molecular weight is 328 g/mol. The molecule has 7 nitrogen and oxygen atoms in total. The molecule has 1 aromatic rings. The average Bonchev–Trinajstić information content (AvgIpc) is 2.45. The molecule has 0 unspecified atom stereocenters. The van der Waals surface area contributed by atoms with Crippen molar-refractivity contribution in [1.29, 1.82) is 0 Å². The van der Waals surface area contributed by atoms with Crippen LogP contribution < -0.4 is 4.74 Å². The van der Waals surface area contributed by atoms with E-state index >= 15 is 0 Å². The molecule has 0 aliphatic heterocycles. The second kappa shape index (κ2) is 7.95. The predicted octanol–water partition coefficient (Wildman–Crippen LogP) is 0.180. The lowest BCUT2D eigenvalue weighted by molar-refractivity contribution is -0.134. The Morgan fingerprint density at radius 2 is 2.00 bits per heavy atom. The molecule has 120 valence electrons. The molecule has 0 fully saturated rings. The van der Waals surface area contributed by atoms with Gasteiger partial charge in [0.15, 0.2) is 0 Å². The van der Waals surface area contributed by atoms with Gasteiger partial charge in [0, 0.05) is 6.42 Å². The maximum atomic E-state index is 11.9. The van der Waals surface area contributed by atoms with Gasteiger partial charge in [-0.2, -0.15) is 8.42 Å². The van der Waals surface area contributed by atoms with Gasteiger partial charge in [-0.3, -0.25) is 9.35 Å². The van der Waals surface area contributed by atoms with E-state index in [0.717, 1.165) is 5.56 Å². The van der Waals surface area contributed by atoms with Gasteiger partial charge in [0.2, 0.25) is 0 Å². The highest BCUT2D eigenvalue weighted by Crippen LogP contribution is 2.22. The van der Waals surface area contributed by atoms with Crippen LogP contribution in [0.25, 0.3) is 0 Å². The minimum absolute atomic E-state index is 0.0225. The fourth-order valence-electron chi connectivity index (χ4n) is 1.55. The fourth-order valence-corrected chi connectivity index (χ4v) is 1.85. The van der Waals surface area contributed by atoms with Crippen LogP contribution in [0.5, 0.6) is 5.75 Å². The topological polar surface area (TPSA) is 107 Å². The lowest BCUT2D eigenvalue weighted by atomic mass is 9.96. The van der Waals surface area contributed by atoms with Crippen LogP contribution in [0.2, 0.25) is 0 Å². The van der Waals surface area contributed by atoms with Crippen molar-refractivity contribution in [2.45, 2.75) is 19.7 Å². The molecule has 9 heteroatoms. The van der Waals surface area contributed by atoms with Crippen molar-refractivity contribution in [3.63, 3.8) is 0 Å². The molecule has 0 bridgehead atoms. The maximum Gasteiger partial charge on any atom is 0.341 e. The van der Waals surface area contributed by atoms with Crippen molar-refractivity contribution < 1.29 is 32.0 Å². The Balaban J connectivity index is 2.91. The summed E-state index contributed by atoms with van der Waals surface area (Å²) in [4.78, 5) is 23.3. The highest BCUT2D eigenvalue weighted by Gasteiger charge is 2.17. The van der Waals surface area contributed by atoms with E-state index < -0.39 is 34.4 Å². The van der Waals surface area contributed by atoms with Crippen molar-refractivity contribution in [3.05, 3.63) is 29.3 Å². The van der Waals surface area contributed by atoms with Crippen LogP contribution in [-0.2, 0) is 26.0 Å². The molecule has 22 heavy (non-hydrogen) atoms. The zero-order valence-corrected chi connectivity index (χ0v) is 13.2. The third-order valence-corrected chi connectivity index (χ3v) is 3.44. The second-order valence-corrected chi connectivity index (χ2v) is 6.01. The van der Waals surface area contributed by atoms with Gasteiger partial charge in [0.1, 0.15) is 31.5 Å². The van der Waals surface area contributed by atoms with Crippen molar-refractivity contribution in [2.24, 2.45) is 0 Å². The number of hydrogen-bond donors (Lipinski definition) is 1. The van der Waals surface area contributed by atoms with Crippen LogP contribution in [0, 0.1) is 0 Å². The zero-order chi connectivity index (χ0) is 16.8. The first-order valence-corrected chi connectivity index (χ1v) is 8.33. The SMILES string of the molecule is BCc1ccc(C(=O)OCCS(=O)(=O)O)c(OC(=O)CC)c1. The first-order valence-electron chi connectivity index (χ1n) is 6.72. The molecule has 0 aliphatic carbocycles. The molecule has 0 amide bonds. The molecule has 0 heterocycles. The number of hydrogen-bond acceptors (Lipinski definition) is 6. The summed E-state index contributed by atoms with van der Waals surface area (Å²) in [5, 5.41) is 0. The third kappa shape index (κ3) is 5.86. The van der Waals surface area contributed by atoms with Crippen molar-refractivity contribution >= 4 is 29.9 Å². The van der Waals surface area contributed by atoms with Crippen LogP contribution in [0.3, 0.4) is 0 Å². The van der Waals surface area contributed by atoms with E-state index in [1.54, 1.807) is 19.1 Å². The van der Waals surface area contributed by atoms with Gasteiger partial charge in [0.05, 0.1) is 0 Å². The molecular formula is C13H17BO7S. The normalized spacial score (nSPS) is 11.0. The van der Waals surface area contributed by atoms with E-state index in [-0.39, 0.29) is 17.7 Å². The highest BCUT2D eigenvalue weighted by molar-refractivity contribution is 7.85. The Bertz CT molecular complexity index is 654. The maximum absolute atomic E-state index is 11.9. The minimum Gasteiger partial charge on any atom is -0.461 e. The van der Waals surface area contributed by atoms with Gasteiger partial charge >= 0.3 is 11.9 Å². The number of rotatable bonds is 7. The van der Waals surface area contributed by atoms with E-state index in [4.69, 9.17) is 14.0 Å². The Morgan fingerprint density at radius 3 is 2.55 bits per heavy atom. The monoisotopic (exact) mass is 328 g/mol. The summed E-state index contributed by atoms with van der Waals surface area (Å²) in [6, 6.07) is 4.70. The molecule has 0 aliphatic rings. The predicted molar refractivity (Wildman–Crippen MR) is 81.3 cm³/mol. The third-order valence-electron chi connectivity index (χ3n) is 2.76. The largest absolute Gasteiger partial charge is 0.461 e. The number of carbonyl (C=O) groups excluding carboxylic acids is 2. The van der Waals surface area contributed by atoms with Crippen LogP contribution in [-0.4, -0.2) is 45.1 Å². The fraction of sp³-hybridized carbons (Fsp3) is 0.385. The van der Waals surface area contributed by atoms with Crippen LogP contribution in [0.4, 0.5) is 0 Å². The summed E-state index contributed by atoms with van der Waals surface area (Å²) in [5.41, 5.74) is 0.891. The lowest BCUT2D eigenvalue weighted by Gasteiger charge is -2.11. The standard InChI is InChI=1S/C13H17BO7S/c1-2-12(15)21-11-7-9(8-14)3-4-10(11)13(16)20-5-6-22(17,18)19/h3-4,7H,2,5-6,8,14H2,1H3,(H,17,18,19). The van der Waals surface area contributed by atoms with Crippen molar-refractivity contribution in [2.75, 3.05) is 12.4 Å². The smallest absolute Gasteiger partial charge is 0.341 e. The van der Waals surface area contributed by atoms with E-state index in [9.17, 15) is 18.0 Å². The summed E-state index contributed by atoms with van der Waals surface area (Å²) >= 11 is 0. The Hall–Kier alpha value is -1.87. The van der Waals surface area contributed by atoms with E-state index in [1.165, 1.54) is 6.07 Å². The van der Waals surface area contributed by atoms with Crippen LogP contribution >= 0.6 is 0 Å². The first-order chi connectivity index (χ1) is 10.3.